The van der Waals surface area contributed by atoms with E-state index in [0.29, 0.717) is 0 Å². The van der Waals surface area contributed by atoms with Gasteiger partial charge in [0.2, 0.25) is 0 Å². The highest BCUT2D eigenvalue weighted by molar-refractivity contribution is 5.73. The molecule has 0 fully saturated rings. The van der Waals surface area contributed by atoms with Gasteiger partial charge in [0.1, 0.15) is 6.29 Å². The monoisotopic (exact) mass is 112 g/mol. The first-order chi connectivity index (χ1) is 3.43. The van der Waals surface area contributed by atoms with Gasteiger partial charge in [-0.1, -0.05) is 13.5 Å². The molecule has 46 valence electrons. The van der Waals surface area contributed by atoms with Crippen molar-refractivity contribution < 1.29 is 4.79 Å². The van der Waals surface area contributed by atoms with E-state index >= 15 is 0 Å². The number of hydrogen-bond acceptors (Lipinski definition) is 1. The van der Waals surface area contributed by atoms with Gasteiger partial charge < -0.3 is 0 Å². The Kier molecular flexibility index (Phi) is 3.16. The van der Waals surface area contributed by atoms with E-state index in [1.165, 1.54) is 6.42 Å². The number of allylic oxidation sites excluding steroid dienone is 2. The van der Waals surface area contributed by atoms with Gasteiger partial charge in [0.15, 0.2) is 0 Å². The molecule has 0 unspecified atom stereocenters. The minimum Gasteiger partial charge on any atom is -0.298 e. The lowest BCUT2D eigenvalue weighted by Crippen LogP contribution is -1.73. The van der Waals surface area contributed by atoms with Gasteiger partial charge in [-0.2, -0.15) is 0 Å². The summed E-state index contributed by atoms with van der Waals surface area (Å²) < 4.78 is 0. The lowest BCUT2D eigenvalue weighted by Gasteiger charge is -1.79. The maximum Gasteiger partial charge on any atom is 0.145 e. The summed E-state index contributed by atoms with van der Waals surface area (Å²) in [5.41, 5.74) is 0.986. The number of carbonyl (C=O) groups excluding carboxylic acids is 1. The third-order valence-corrected chi connectivity index (χ3v) is 1.23. The van der Waals surface area contributed by atoms with Gasteiger partial charge in [-0.3, -0.25) is 4.79 Å². The predicted molar refractivity (Wildman–Crippen MR) is 34.7 cm³/mol. The first kappa shape index (κ1) is 7.41. The fourth-order valence-corrected chi connectivity index (χ4v) is 0.803. The number of rotatable bonds is 1. The van der Waals surface area contributed by atoms with Gasteiger partial charge in [-0.05, 0) is 24.8 Å². The van der Waals surface area contributed by atoms with Gasteiger partial charge in [0.25, 0.3) is 0 Å². The molecule has 0 saturated carbocycles. The van der Waals surface area contributed by atoms with Crippen LogP contribution in [0.4, 0.5) is 0 Å². The van der Waals surface area contributed by atoms with Crippen molar-refractivity contribution in [3.63, 3.8) is 0 Å². The van der Waals surface area contributed by atoms with Crippen molar-refractivity contribution in [2.75, 3.05) is 0 Å². The number of aldehydes is 1. The van der Waals surface area contributed by atoms with E-state index < -0.39 is 0 Å². The Morgan fingerprint density at radius 2 is 2.38 bits per heavy atom. The summed E-state index contributed by atoms with van der Waals surface area (Å²) in [5.74, 6) is 0. The second-order valence-electron chi connectivity index (χ2n) is 1.79. The Labute approximate surface area is 50.4 Å². The van der Waals surface area contributed by atoms with Gasteiger partial charge in [0.05, 0.1) is 0 Å². The molecule has 8 heavy (non-hydrogen) atoms. The minimum absolute atomic E-state index is 0. The molecule has 0 aliphatic heterocycles. The molecule has 1 aliphatic carbocycles. The second-order valence-corrected chi connectivity index (χ2v) is 1.79. The van der Waals surface area contributed by atoms with Crippen LogP contribution in [0.3, 0.4) is 0 Å². The van der Waals surface area contributed by atoms with Gasteiger partial charge >= 0.3 is 0 Å². The zero-order valence-electron chi connectivity index (χ0n) is 4.18. The standard InChI is InChI=1S/C6H8O.CH4/c7-5-6-3-1-2-4-6;/h3,5H,1-2,4H2;1H4. The molecule has 0 amide bonds. The van der Waals surface area contributed by atoms with Crippen molar-refractivity contribution in [2.45, 2.75) is 26.7 Å². The summed E-state index contributed by atoms with van der Waals surface area (Å²) in [4.78, 5) is 9.94. The topological polar surface area (TPSA) is 17.1 Å². The van der Waals surface area contributed by atoms with E-state index in [0.717, 1.165) is 24.7 Å². The van der Waals surface area contributed by atoms with Crippen molar-refractivity contribution >= 4 is 6.29 Å². The van der Waals surface area contributed by atoms with E-state index in [2.05, 4.69) is 0 Å². The molecule has 0 aromatic rings. The molecule has 1 rings (SSSR count). The van der Waals surface area contributed by atoms with Crippen molar-refractivity contribution in [1.29, 1.82) is 0 Å². The van der Waals surface area contributed by atoms with E-state index in [9.17, 15) is 4.79 Å². The third kappa shape index (κ3) is 1.49. The summed E-state index contributed by atoms with van der Waals surface area (Å²) in [7, 11) is 0. The van der Waals surface area contributed by atoms with E-state index in [-0.39, 0.29) is 7.43 Å². The van der Waals surface area contributed by atoms with Crippen molar-refractivity contribution in [3.8, 4) is 0 Å². The Morgan fingerprint density at radius 1 is 1.62 bits per heavy atom. The average molecular weight is 112 g/mol. The molecule has 0 radical (unpaired) electrons. The predicted octanol–water partition coefficient (Wildman–Crippen LogP) is 1.93. The number of hydrogen-bond donors (Lipinski definition) is 0. The molecule has 0 bridgehead atoms. The van der Waals surface area contributed by atoms with Gasteiger partial charge in [-0.25, -0.2) is 0 Å². The summed E-state index contributed by atoms with van der Waals surface area (Å²) >= 11 is 0. The van der Waals surface area contributed by atoms with Crippen LogP contribution in [0.25, 0.3) is 0 Å². The SMILES string of the molecule is C.O=CC1=CCCC1. The van der Waals surface area contributed by atoms with Crippen LogP contribution in [0.5, 0.6) is 0 Å². The highest BCUT2D eigenvalue weighted by Crippen LogP contribution is 2.14. The highest BCUT2D eigenvalue weighted by atomic mass is 16.1. The quantitative estimate of drug-likeness (QED) is 0.474. The summed E-state index contributed by atoms with van der Waals surface area (Å²) in [5, 5.41) is 0. The lowest BCUT2D eigenvalue weighted by atomic mass is 10.3. The van der Waals surface area contributed by atoms with Crippen molar-refractivity contribution in [1.82, 2.24) is 0 Å². The van der Waals surface area contributed by atoms with E-state index in [4.69, 9.17) is 0 Å². The average Bonchev–Trinajstić information content (AvgIpc) is 2.14. The Morgan fingerprint density at radius 3 is 2.62 bits per heavy atom. The molecule has 0 aromatic heterocycles. The van der Waals surface area contributed by atoms with Crippen LogP contribution < -0.4 is 0 Å². The smallest absolute Gasteiger partial charge is 0.145 e. The summed E-state index contributed by atoms with van der Waals surface area (Å²) in [6.45, 7) is 0. The minimum atomic E-state index is 0. The molecule has 0 N–H and O–H groups in total. The normalized spacial score (nSPS) is 16.8. The zero-order chi connectivity index (χ0) is 5.11. The van der Waals surface area contributed by atoms with Crippen LogP contribution in [0.1, 0.15) is 26.7 Å². The lowest BCUT2D eigenvalue weighted by molar-refractivity contribution is -0.105. The Bertz CT molecular complexity index is 103. The highest BCUT2D eigenvalue weighted by Gasteiger charge is 1.99. The molecular formula is C7H12O. The molecule has 0 spiro atoms. The fraction of sp³-hybridized carbons (Fsp3) is 0.571. The summed E-state index contributed by atoms with van der Waals surface area (Å²) in [6.07, 6.45) is 6.24. The van der Waals surface area contributed by atoms with Crippen LogP contribution in [-0.2, 0) is 4.79 Å². The van der Waals surface area contributed by atoms with Crippen molar-refractivity contribution in [3.05, 3.63) is 11.6 Å². The van der Waals surface area contributed by atoms with Gasteiger partial charge in [-0.15, -0.1) is 0 Å². The molecule has 1 aliphatic rings. The van der Waals surface area contributed by atoms with E-state index in [1.807, 2.05) is 6.08 Å². The van der Waals surface area contributed by atoms with Crippen LogP contribution >= 0.6 is 0 Å². The first-order valence-corrected chi connectivity index (χ1v) is 2.57. The van der Waals surface area contributed by atoms with E-state index in [1.54, 1.807) is 0 Å². The number of carbonyl (C=O) groups is 1. The molecule has 1 heteroatoms. The molecule has 0 heterocycles. The first-order valence-electron chi connectivity index (χ1n) is 2.57. The van der Waals surface area contributed by atoms with Crippen molar-refractivity contribution in [2.24, 2.45) is 0 Å². The third-order valence-electron chi connectivity index (χ3n) is 1.23. The maximum absolute atomic E-state index is 9.94. The Balaban J connectivity index is 0.000000490. The van der Waals surface area contributed by atoms with Crippen LogP contribution in [0.2, 0.25) is 0 Å². The molecular weight excluding hydrogens is 100 g/mol. The molecule has 0 aromatic carbocycles. The molecule has 1 nitrogen and oxygen atoms in total. The van der Waals surface area contributed by atoms with Crippen LogP contribution in [-0.4, -0.2) is 6.29 Å². The second kappa shape index (κ2) is 3.42. The Hall–Kier alpha value is -0.590. The molecule has 0 saturated heterocycles. The van der Waals surface area contributed by atoms with Gasteiger partial charge in [0, 0.05) is 0 Å². The largest absolute Gasteiger partial charge is 0.298 e. The zero-order valence-corrected chi connectivity index (χ0v) is 4.18. The summed E-state index contributed by atoms with van der Waals surface area (Å²) in [6, 6.07) is 0. The fourth-order valence-electron chi connectivity index (χ4n) is 0.803. The van der Waals surface area contributed by atoms with Crippen LogP contribution in [0, 0.1) is 0 Å². The van der Waals surface area contributed by atoms with Crippen LogP contribution in [0.15, 0.2) is 11.6 Å². The maximum atomic E-state index is 9.94. The molecule has 0 atom stereocenters.